The van der Waals surface area contributed by atoms with Gasteiger partial charge in [0.2, 0.25) is 0 Å². The van der Waals surface area contributed by atoms with Crippen LogP contribution in [0.25, 0.3) is 0 Å². The molecule has 2 fully saturated rings. The minimum absolute atomic E-state index is 0.216. The lowest BCUT2D eigenvalue weighted by Gasteiger charge is -2.34. The highest BCUT2D eigenvalue weighted by atomic mass is 16.7. The first-order chi connectivity index (χ1) is 12.9. The number of amides is 1. The lowest BCUT2D eigenvalue weighted by atomic mass is 9.80. The largest absolute Gasteiger partial charge is 0.496 e. The van der Waals surface area contributed by atoms with E-state index in [4.69, 9.17) is 14.0 Å². The van der Waals surface area contributed by atoms with Gasteiger partial charge in [-0.25, -0.2) is 4.79 Å². The SMILES string of the molecule is CC(C)(C)OC(=O)N1CCCC(c2ccc(B3OC(C)(C)C(C)(C)O3)cn2)C1. The van der Waals surface area contributed by atoms with E-state index in [0.717, 1.165) is 30.5 Å². The summed E-state index contributed by atoms with van der Waals surface area (Å²) in [5, 5.41) is 0. The van der Waals surface area contributed by atoms with Crippen molar-refractivity contribution in [2.75, 3.05) is 13.1 Å². The van der Waals surface area contributed by atoms with Crippen LogP contribution in [0.5, 0.6) is 0 Å². The summed E-state index contributed by atoms with van der Waals surface area (Å²) in [4.78, 5) is 18.9. The van der Waals surface area contributed by atoms with Gasteiger partial charge in [-0.05, 0) is 67.4 Å². The molecule has 28 heavy (non-hydrogen) atoms. The predicted molar refractivity (Wildman–Crippen MR) is 110 cm³/mol. The van der Waals surface area contributed by atoms with E-state index in [1.807, 2.05) is 66.8 Å². The van der Waals surface area contributed by atoms with Gasteiger partial charge in [0.15, 0.2) is 0 Å². The molecule has 0 spiro atoms. The summed E-state index contributed by atoms with van der Waals surface area (Å²) in [6.07, 6.45) is 3.56. The number of aromatic nitrogens is 1. The van der Waals surface area contributed by atoms with E-state index in [2.05, 4.69) is 4.98 Å². The molecule has 1 unspecified atom stereocenters. The molecule has 154 valence electrons. The van der Waals surface area contributed by atoms with Crippen LogP contribution in [0.3, 0.4) is 0 Å². The van der Waals surface area contributed by atoms with E-state index in [1.165, 1.54) is 0 Å². The van der Waals surface area contributed by atoms with Gasteiger partial charge in [-0.1, -0.05) is 6.07 Å². The van der Waals surface area contributed by atoms with Crippen LogP contribution in [-0.2, 0) is 14.0 Å². The molecule has 1 aromatic rings. The second kappa shape index (κ2) is 7.34. The van der Waals surface area contributed by atoms with Gasteiger partial charge in [0.1, 0.15) is 5.60 Å². The van der Waals surface area contributed by atoms with Gasteiger partial charge >= 0.3 is 13.2 Å². The first-order valence-electron chi connectivity index (χ1n) is 10.2. The molecule has 0 aromatic carbocycles. The highest BCUT2D eigenvalue weighted by Gasteiger charge is 2.51. The summed E-state index contributed by atoms with van der Waals surface area (Å²) in [6, 6.07) is 4.06. The Balaban J connectivity index is 1.66. The van der Waals surface area contributed by atoms with E-state index in [1.54, 1.807) is 4.90 Å². The number of hydrogen-bond acceptors (Lipinski definition) is 5. The Morgan fingerprint density at radius 2 is 1.86 bits per heavy atom. The highest BCUT2D eigenvalue weighted by Crippen LogP contribution is 2.36. The Hall–Kier alpha value is -1.60. The maximum absolute atomic E-state index is 12.4. The Bertz CT molecular complexity index is 696. The first-order valence-corrected chi connectivity index (χ1v) is 10.2. The van der Waals surface area contributed by atoms with Crippen LogP contribution in [0.4, 0.5) is 4.79 Å². The van der Waals surface area contributed by atoms with Crippen LogP contribution in [0.15, 0.2) is 18.3 Å². The van der Waals surface area contributed by atoms with E-state index in [0.29, 0.717) is 6.54 Å². The number of nitrogens with zero attached hydrogens (tertiary/aromatic N) is 2. The van der Waals surface area contributed by atoms with E-state index < -0.39 is 12.7 Å². The zero-order chi connectivity index (χ0) is 20.7. The molecular weight excluding hydrogens is 355 g/mol. The number of carbonyl (C=O) groups is 1. The smallest absolute Gasteiger partial charge is 0.444 e. The van der Waals surface area contributed by atoms with Crippen LogP contribution < -0.4 is 5.46 Å². The molecule has 1 aromatic heterocycles. The Kier molecular flexibility index (Phi) is 5.54. The van der Waals surface area contributed by atoms with Gasteiger partial charge in [-0.2, -0.15) is 0 Å². The number of hydrogen-bond donors (Lipinski definition) is 0. The fourth-order valence-corrected chi connectivity index (χ4v) is 3.49. The Labute approximate surface area is 169 Å². The lowest BCUT2D eigenvalue weighted by Crippen LogP contribution is -2.42. The minimum atomic E-state index is -0.479. The monoisotopic (exact) mass is 388 g/mol. The quantitative estimate of drug-likeness (QED) is 0.726. The second-order valence-electron chi connectivity index (χ2n) is 9.87. The number of likely N-dealkylation sites (tertiary alicyclic amines) is 1. The number of carbonyl (C=O) groups excluding carboxylic acids is 1. The van der Waals surface area contributed by atoms with Crippen molar-refractivity contribution in [2.45, 2.75) is 84.0 Å². The van der Waals surface area contributed by atoms with Crippen LogP contribution in [0.1, 0.15) is 72.9 Å². The first kappa shape index (κ1) is 21.1. The normalized spacial score (nSPS) is 24.3. The third kappa shape index (κ3) is 4.52. The average molecular weight is 388 g/mol. The van der Waals surface area contributed by atoms with Crippen molar-refractivity contribution in [1.82, 2.24) is 9.88 Å². The van der Waals surface area contributed by atoms with Crippen molar-refractivity contribution in [1.29, 1.82) is 0 Å². The second-order valence-corrected chi connectivity index (χ2v) is 9.87. The number of pyridine rings is 1. The highest BCUT2D eigenvalue weighted by molar-refractivity contribution is 6.62. The van der Waals surface area contributed by atoms with Gasteiger partial charge in [-0.3, -0.25) is 4.98 Å². The number of piperidine rings is 1. The summed E-state index contributed by atoms with van der Waals surface area (Å²) < 4.78 is 17.7. The van der Waals surface area contributed by atoms with E-state index in [-0.39, 0.29) is 23.2 Å². The van der Waals surface area contributed by atoms with Gasteiger partial charge < -0.3 is 18.9 Å². The van der Waals surface area contributed by atoms with E-state index in [9.17, 15) is 4.79 Å². The standard InChI is InChI=1S/C21H33BN2O4/c1-19(2,3)26-18(25)24-12-8-9-15(14-24)17-11-10-16(13-23-17)22-27-20(4,5)21(6,7)28-22/h10-11,13,15H,8-9,12,14H2,1-7H3. The van der Waals surface area contributed by atoms with Crippen LogP contribution >= 0.6 is 0 Å². The predicted octanol–water partition coefficient (Wildman–Crippen LogP) is 3.50. The summed E-state index contributed by atoms with van der Waals surface area (Å²) >= 11 is 0. The van der Waals surface area contributed by atoms with Gasteiger partial charge in [0, 0.05) is 36.4 Å². The Morgan fingerprint density at radius 3 is 2.39 bits per heavy atom. The Morgan fingerprint density at radius 1 is 1.21 bits per heavy atom. The molecule has 1 atom stereocenters. The van der Waals surface area contributed by atoms with Crippen molar-refractivity contribution in [3.8, 4) is 0 Å². The molecule has 0 N–H and O–H groups in total. The number of ether oxygens (including phenoxy) is 1. The maximum atomic E-state index is 12.4. The van der Waals surface area contributed by atoms with Gasteiger partial charge in [0.25, 0.3) is 0 Å². The van der Waals surface area contributed by atoms with Crippen LogP contribution in [0, 0.1) is 0 Å². The molecule has 2 aliphatic heterocycles. The fraction of sp³-hybridized carbons (Fsp3) is 0.714. The average Bonchev–Trinajstić information content (AvgIpc) is 2.81. The number of rotatable bonds is 2. The molecule has 7 heteroatoms. The lowest BCUT2D eigenvalue weighted by molar-refractivity contribution is 0.00578. The van der Waals surface area contributed by atoms with Crippen LogP contribution in [0.2, 0.25) is 0 Å². The molecule has 0 bridgehead atoms. The summed E-state index contributed by atoms with van der Waals surface area (Å²) in [6.45, 7) is 15.2. The molecular formula is C21H33BN2O4. The summed E-state index contributed by atoms with van der Waals surface area (Å²) in [5.74, 6) is 0.216. The summed E-state index contributed by atoms with van der Waals surface area (Å²) in [5.41, 5.74) is 0.698. The molecule has 2 saturated heterocycles. The molecule has 6 nitrogen and oxygen atoms in total. The van der Waals surface area contributed by atoms with Gasteiger partial charge in [-0.15, -0.1) is 0 Å². The topological polar surface area (TPSA) is 60.9 Å². The third-order valence-electron chi connectivity index (χ3n) is 5.83. The molecule has 0 saturated carbocycles. The molecule has 3 rings (SSSR count). The zero-order valence-electron chi connectivity index (χ0n) is 18.2. The van der Waals surface area contributed by atoms with Gasteiger partial charge in [0.05, 0.1) is 11.2 Å². The fourth-order valence-electron chi connectivity index (χ4n) is 3.49. The van der Waals surface area contributed by atoms with Crippen LogP contribution in [-0.4, -0.2) is 53.0 Å². The molecule has 3 heterocycles. The third-order valence-corrected chi connectivity index (χ3v) is 5.83. The molecule has 0 aliphatic carbocycles. The van der Waals surface area contributed by atoms with E-state index >= 15 is 0 Å². The van der Waals surface area contributed by atoms with Crippen molar-refractivity contribution < 1.29 is 18.8 Å². The maximum Gasteiger partial charge on any atom is 0.496 e. The molecule has 0 radical (unpaired) electrons. The van der Waals surface area contributed by atoms with Crippen molar-refractivity contribution in [2.24, 2.45) is 0 Å². The summed E-state index contributed by atoms with van der Waals surface area (Å²) in [7, 11) is -0.406. The zero-order valence-corrected chi connectivity index (χ0v) is 18.2. The van der Waals surface area contributed by atoms with Crippen molar-refractivity contribution >= 4 is 18.7 Å². The van der Waals surface area contributed by atoms with Crippen molar-refractivity contribution in [3.63, 3.8) is 0 Å². The molecule has 1 amide bonds. The van der Waals surface area contributed by atoms with Crippen molar-refractivity contribution in [3.05, 3.63) is 24.0 Å². The molecule has 2 aliphatic rings. The minimum Gasteiger partial charge on any atom is -0.444 e.